The van der Waals surface area contributed by atoms with E-state index < -0.39 is 0 Å². The van der Waals surface area contributed by atoms with Gasteiger partial charge in [-0.2, -0.15) is 0 Å². The number of anilines is 2. The summed E-state index contributed by atoms with van der Waals surface area (Å²) >= 11 is 0. The predicted octanol–water partition coefficient (Wildman–Crippen LogP) is 2.86. The number of benzene rings is 1. The highest BCUT2D eigenvalue weighted by atomic mass is 19.1. The Hall–Kier alpha value is -2.17. The van der Waals surface area contributed by atoms with Crippen molar-refractivity contribution in [2.75, 3.05) is 23.7 Å². The van der Waals surface area contributed by atoms with E-state index in [2.05, 4.69) is 14.9 Å². The minimum absolute atomic E-state index is 0.266. The molecule has 1 aliphatic rings. The van der Waals surface area contributed by atoms with Crippen molar-refractivity contribution in [3.05, 3.63) is 36.4 Å². The van der Waals surface area contributed by atoms with E-state index in [0.717, 1.165) is 37.3 Å². The molecule has 2 aromatic rings. The third kappa shape index (κ3) is 2.43. The molecule has 0 unspecified atom stereocenters. The molecule has 0 radical (unpaired) electrons. The van der Waals surface area contributed by atoms with Gasteiger partial charge in [0.2, 0.25) is 0 Å². The summed E-state index contributed by atoms with van der Waals surface area (Å²) in [7, 11) is 0. The standard InChI is InChI=1S/C15H17FN4/c16-12-6-4-11(5-7-12)14-13(17)15(19-10-18-14)20-8-2-1-3-9-20/h4-7,10H,1-3,8-9,17H2. The molecule has 0 aliphatic carbocycles. The highest BCUT2D eigenvalue weighted by Crippen LogP contribution is 2.31. The fourth-order valence-corrected chi connectivity index (χ4v) is 2.58. The summed E-state index contributed by atoms with van der Waals surface area (Å²) in [6.45, 7) is 1.95. The van der Waals surface area contributed by atoms with Gasteiger partial charge < -0.3 is 10.6 Å². The zero-order chi connectivity index (χ0) is 13.9. The van der Waals surface area contributed by atoms with Crippen molar-refractivity contribution in [3.63, 3.8) is 0 Å². The molecule has 1 aromatic carbocycles. The SMILES string of the molecule is Nc1c(-c2ccc(F)cc2)ncnc1N1CCCCC1. The van der Waals surface area contributed by atoms with Crippen LogP contribution in [-0.4, -0.2) is 23.1 Å². The Morgan fingerprint density at radius 3 is 2.40 bits per heavy atom. The molecule has 0 saturated carbocycles. The molecular formula is C15H17FN4. The average molecular weight is 272 g/mol. The van der Waals surface area contributed by atoms with Gasteiger partial charge in [0.1, 0.15) is 17.8 Å². The molecule has 2 N–H and O–H groups in total. The Balaban J connectivity index is 1.98. The van der Waals surface area contributed by atoms with Crippen molar-refractivity contribution in [2.24, 2.45) is 0 Å². The van der Waals surface area contributed by atoms with Crippen LogP contribution in [0.25, 0.3) is 11.3 Å². The molecule has 1 saturated heterocycles. The smallest absolute Gasteiger partial charge is 0.155 e. The van der Waals surface area contributed by atoms with Gasteiger partial charge in [-0.1, -0.05) is 0 Å². The second kappa shape index (κ2) is 5.45. The van der Waals surface area contributed by atoms with E-state index in [4.69, 9.17) is 5.73 Å². The average Bonchev–Trinajstić information content (AvgIpc) is 2.49. The van der Waals surface area contributed by atoms with Gasteiger partial charge >= 0.3 is 0 Å². The molecule has 0 atom stereocenters. The van der Waals surface area contributed by atoms with Crippen LogP contribution in [0.3, 0.4) is 0 Å². The van der Waals surface area contributed by atoms with Gasteiger partial charge in [-0.25, -0.2) is 14.4 Å². The molecule has 0 spiro atoms. The number of halogens is 1. The number of nitrogen functional groups attached to an aromatic ring is 1. The molecule has 4 nitrogen and oxygen atoms in total. The maximum atomic E-state index is 13.0. The lowest BCUT2D eigenvalue weighted by molar-refractivity contribution is 0.573. The molecule has 1 aliphatic heterocycles. The molecule has 20 heavy (non-hydrogen) atoms. The lowest BCUT2D eigenvalue weighted by atomic mass is 10.1. The van der Waals surface area contributed by atoms with Gasteiger partial charge in [0.05, 0.1) is 5.69 Å². The number of piperidine rings is 1. The fraction of sp³-hybridized carbons (Fsp3) is 0.333. The first kappa shape index (κ1) is 12.8. The first-order valence-electron chi connectivity index (χ1n) is 6.87. The van der Waals surface area contributed by atoms with Crippen molar-refractivity contribution >= 4 is 11.5 Å². The number of nitrogens with two attached hydrogens (primary N) is 1. The third-order valence-corrected chi connectivity index (χ3v) is 3.64. The molecule has 1 aromatic heterocycles. The summed E-state index contributed by atoms with van der Waals surface area (Å²) < 4.78 is 13.0. The maximum absolute atomic E-state index is 13.0. The lowest BCUT2D eigenvalue weighted by Gasteiger charge is -2.28. The molecule has 104 valence electrons. The zero-order valence-corrected chi connectivity index (χ0v) is 11.2. The van der Waals surface area contributed by atoms with E-state index >= 15 is 0 Å². The van der Waals surface area contributed by atoms with E-state index in [0.29, 0.717) is 11.4 Å². The monoisotopic (exact) mass is 272 g/mol. The van der Waals surface area contributed by atoms with Crippen LogP contribution in [0.4, 0.5) is 15.9 Å². The number of nitrogens with zero attached hydrogens (tertiary/aromatic N) is 3. The van der Waals surface area contributed by atoms with E-state index in [9.17, 15) is 4.39 Å². The van der Waals surface area contributed by atoms with Crippen molar-refractivity contribution < 1.29 is 4.39 Å². The van der Waals surface area contributed by atoms with Crippen LogP contribution in [0.1, 0.15) is 19.3 Å². The number of rotatable bonds is 2. The van der Waals surface area contributed by atoms with Gasteiger partial charge in [-0.3, -0.25) is 0 Å². The van der Waals surface area contributed by atoms with E-state index in [1.54, 1.807) is 12.1 Å². The summed E-state index contributed by atoms with van der Waals surface area (Å²) in [5.41, 5.74) is 8.27. The highest BCUT2D eigenvalue weighted by Gasteiger charge is 2.17. The number of hydrogen-bond acceptors (Lipinski definition) is 4. The summed E-state index contributed by atoms with van der Waals surface area (Å²) in [5, 5.41) is 0. The summed E-state index contributed by atoms with van der Waals surface area (Å²) in [6, 6.07) is 6.21. The van der Waals surface area contributed by atoms with Crippen LogP contribution in [0.2, 0.25) is 0 Å². The van der Waals surface area contributed by atoms with Gasteiger partial charge in [-0.05, 0) is 43.5 Å². The Bertz CT molecular complexity index is 591. The second-order valence-corrected chi connectivity index (χ2v) is 5.01. The minimum Gasteiger partial charge on any atom is -0.394 e. The van der Waals surface area contributed by atoms with Gasteiger partial charge in [-0.15, -0.1) is 0 Å². The molecule has 5 heteroatoms. The largest absolute Gasteiger partial charge is 0.394 e. The van der Waals surface area contributed by atoms with Crippen LogP contribution >= 0.6 is 0 Å². The molecule has 0 amide bonds. The van der Waals surface area contributed by atoms with Crippen molar-refractivity contribution in [1.82, 2.24) is 9.97 Å². The van der Waals surface area contributed by atoms with Crippen molar-refractivity contribution in [1.29, 1.82) is 0 Å². The Morgan fingerprint density at radius 2 is 1.70 bits per heavy atom. The quantitative estimate of drug-likeness (QED) is 0.913. The molecule has 0 bridgehead atoms. The van der Waals surface area contributed by atoms with Crippen molar-refractivity contribution in [3.8, 4) is 11.3 Å². The molecule has 2 heterocycles. The topological polar surface area (TPSA) is 55.0 Å². The number of aromatic nitrogens is 2. The van der Waals surface area contributed by atoms with Crippen molar-refractivity contribution in [2.45, 2.75) is 19.3 Å². The predicted molar refractivity (Wildman–Crippen MR) is 77.9 cm³/mol. The second-order valence-electron chi connectivity index (χ2n) is 5.01. The Kier molecular flexibility index (Phi) is 3.50. The van der Waals surface area contributed by atoms with E-state index in [-0.39, 0.29) is 5.82 Å². The van der Waals surface area contributed by atoms with Crippen LogP contribution in [0.15, 0.2) is 30.6 Å². The molecule has 1 fully saturated rings. The van der Waals surface area contributed by atoms with E-state index in [1.165, 1.54) is 24.9 Å². The van der Waals surface area contributed by atoms with Crippen LogP contribution in [0, 0.1) is 5.82 Å². The maximum Gasteiger partial charge on any atom is 0.155 e. The van der Waals surface area contributed by atoms with Crippen LogP contribution in [0.5, 0.6) is 0 Å². The van der Waals surface area contributed by atoms with Gasteiger partial charge in [0.15, 0.2) is 5.82 Å². The fourth-order valence-electron chi connectivity index (χ4n) is 2.58. The number of hydrogen-bond donors (Lipinski definition) is 1. The Morgan fingerprint density at radius 1 is 1.00 bits per heavy atom. The first-order valence-corrected chi connectivity index (χ1v) is 6.87. The molecular weight excluding hydrogens is 255 g/mol. The highest BCUT2D eigenvalue weighted by molar-refractivity contribution is 5.80. The zero-order valence-electron chi connectivity index (χ0n) is 11.2. The first-order chi connectivity index (χ1) is 9.75. The Labute approximate surface area is 117 Å². The van der Waals surface area contributed by atoms with Crippen LogP contribution < -0.4 is 10.6 Å². The third-order valence-electron chi connectivity index (χ3n) is 3.64. The minimum atomic E-state index is -0.266. The van der Waals surface area contributed by atoms with Gasteiger partial charge in [0.25, 0.3) is 0 Å². The molecule has 3 rings (SSSR count). The summed E-state index contributed by atoms with van der Waals surface area (Å²) in [6.07, 6.45) is 5.11. The van der Waals surface area contributed by atoms with Crippen LogP contribution in [-0.2, 0) is 0 Å². The van der Waals surface area contributed by atoms with E-state index in [1.807, 2.05) is 0 Å². The summed E-state index contributed by atoms with van der Waals surface area (Å²) in [5.74, 6) is 0.525. The van der Waals surface area contributed by atoms with Gasteiger partial charge in [0, 0.05) is 18.7 Å². The summed E-state index contributed by atoms with van der Waals surface area (Å²) in [4.78, 5) is 10.8. The lowest BCUT2D eigenvalue weighted by Crippen LogP contribution is -2.31. The normalized spacial score (nSPS) is 15.3.